The van der Waals surface area contributed by atoms with Crippen molar-refractivity contribution >= 4 is 29.9 Å². The van der Waals surface area contributed by atoms with Crippen molar-refractivity contribution in [1.29, 1.82) is 0 Å². The highest BCUT2D eigenvalue weighted by atomic mass is 32.2. The fourth-order valence-corrected chi connectivity index (χ4v) is 6.10. The minimum atomic E-state index is -0.711. The summed E-state index contributed by atoms with van der Waals surface area (Å²) in [6.45, 7) is 4.53. The van der Waals surface area contributed by atoms with E-state index in [4.69, 9.17) is 9.47 Å². The zero-order chi connectivity index (χ0) is 30.3. The predicted molar refractivity (Wildman–Crippen MR) is 170 cm³/mol. The lowest BCUT2D eigenvalue weighted by Gasteiger charge is -2.39. The topological polar surface area (TPSA) is 97.8 Å². The minimum Gasteiger partial charge on any atom is -0.449 e. The highest BCUT2D eigenvalue weighted by Gasteiger charge is 2.41. The van der Waals surface area contributed by atoms with Crippen molar-refractivity contribution < 1.29 is 23.9 Å². The van der Waals surface area contributed by atoms with E-state index in [1.807, 2.05) is 0 Å². The van der Waals surface area contributed by atoms with Crippen LogP contribution < -0.4 is 5.32 Å². The van der Waals surface area contributed by atoms with E-state index < -0.39 is 23.5 Å². The van der Waals surface area contributed by atoms with Crippen LogP contribution in [0, 0.1) is 5.41 Å². The van der Waals surface area contributed by atoms with Crippen molar-refractivity contribution in [3.8, 4) is 0 Å². The summed E-state index contributed by atoms with van der Waals surface area (Å²) in [5, 5.41) is 2.84. The largest absolute Gasteiger partial charge is 0.449 e. The van der Waals surface area contributed by atoms with Crippen molar-refractivity contribution in [3.05, 3.63) is 30.1 Å². The first kappa shape index (κ1) is 35.9. The maximum absolute atomic E-state index is 12.6. The molecule has 1 N–H and O–H groups in total. The fraction of sp³-hybridized carbons (Fsp3) is 0.758. The molecule has 1 saturated heterocycles. The standard InChI is InChI=1S/C33H55N3O5S/c1-3-4-5-6-7-8-9-10-11-12-13-14-15-16-17-19-23-35-31(38)40-25-33(27-42-28-33)26-41-32(39)36(29(2)37)24-30-21-18-20-22-34-30/h18,20-22H,3-17,19,23-28H2,1-2H3,(H,35,38). The summed E-state index contributed by atoms with van der Waals surface area (Å²) in [5.74, 6) is 1.05. The summed E-state index contributed by atoms with van der Waals surface area (Å²) in [5.41, 5.74) is 0.183. The smallest absolute Gasteiger partial charge is 0.416 e. The molecule has 0 atom stereocenters. The van der Waals surface area contributed by atoms with Crippen LogP contribution in [0.5, 0.6) is 0 Å². The number of thioether (sulfide) groups is 1. The summed E-state index contributed by atoms with van der Waals surface area (Å²) in [6, 6.07) is 5.32. The molecule has 0 spiro atoms. The van der Waals surface area contributed by atoms with Crippen LogP contribution in [0.25, 0.3) is 0 Å². The molecule has 238 valence electrons. The van der Waals surface area contributed by atoms with Crippen LogP contribution in [0.4, 0.5) is 9.59 Å². The maximum Gasteiger partial charge on any atom is 0.416 e. The molecule has 2 rings (SSSR count). The second-order valence-corrected chi connectivity index (χ2v) is 12.8. The Kier molecular flexibility index (Phi) is 19.0. The Morgan fingerprint density at radius 1 is 0.833 bits per heavy atom. The highest BCUT2D eigenvalue weighted by molar-refractivity contribution is 8.00. The van der Waals surface area contributed by atoms with E-state index in [2.05, 4.69) is 17.2 Å². The second kappa shape index (κ2) is 22.3. The number of carbonyl (C=O) groups excluding carboxylic acids is 3. The van der Waals surface area contributed by atoms with Gasteiger partial charge in [0.1, 0.15) is 13.2 Å². The molecular weight excluding hydrogens is 550 g/mol. The van der Waals surface area contributed by atoms with Gasteiger partial charge in [0.15, 0.2) is 0 Å². The zero-order valence-electron chi connectivity index (χ0n) is 26.2. The SMILES string of the molecule is CCCCCCCCCCCCCCCCCCNC(=O)OCC1(COC(=O)N(Cc2ccccn2)C(C)=O)CSC1. The fourth-order valence-electron chi connectivity index (χ4n) is 4.98. The first-order valence-corrected chi connectivity index (χ1v) is 17.4. The molecule has 2 heterocycles. The molecule has 42 heavy (non-hydrogen) atoms. The van der Waals surface area contributed by atoms with E-state index in [9.17, 15) is 14.4 Å². The van der Waals surface area contributed by atoms with Gasteiger partial charge in [-0.25, -0.2) is 14.5 Å². The Labute approximate surface area is 258 Å². The lowest BCUT2D eigenvalue weighted by atomic mass is 9.94. The van der Waals surface area contributed by atoms with Gasteiger partial charge >= 0.3 is 12.2 Å². The monoisotopic (exact) mass is 605 g/mol. The maximum atomic E-state index is 12.6. The Hall–Kier alpha value is -2.29. The van der Waals surface area contributed by atoms with Crippen molar-refractivity contribution in [1.82, 2.24) is 15.2 Å². The summed E-state index contributed by atoms with van der Waals surface area (Å²) < 4.78 is 11.0. The average Bonchev–Trinajstić information content (AvgIpc) is 2.97. The van der Waals surface area contributed by atoms with Crippen LogP contribution in [0.1, 0.15) is 122 Å². The lowest BCUT2D eigenvalue weighted by Crippen LogP contribution is -2.47. The number of alkyl carbamates (subject to hydrolysis) is 1. The van der Waals surface area contributed by atoms with E-state index in [0.29, 0.717) is 12.2 Å². The number of amides is 3. The van der Waals surface area contributed by atoms with Gasteiger partial charge in [0.2, 0.25) is 5.91 Å². The van der Waals surface area contributed by atoms with Crippen molar-refractivity contribution in [2.75, 3.05) is 31.3 Å². The first-order chi connectivity index (χ1) is 20.5. The number of hydrogen-bond acceptors (Lipinski definition) is 7. The summed E-state index contributed by atoms with van der Waals surface area (Å²) in [4.78, 5) is 42.1. The van der Waals surface area contributed by atoms with E-state index in [1.165, 1.54) is 96.8 Å². The van der Waals surface area contributed by atoms with Crippen LogP contribution in [0.2, 0.25) is 0 Å². The van der Waals surface area contributed by atoms with Crippen LogP contribution in [-0.2, 0) is 20.8 Å². The number of imide groups is 1. The number of hydrogen-bond donors (Lipinski definition) is 1. The number of carbonyl (C=O) groups is 3. The molecule has 0 aromatic carbocycles. The zero-order valence-corrected chi connectivity index (χ0v) is 27.0. The van der Waals surface area contributed by atoms with E-state index in [-0.39, 0.29) is 19.8 Å². The van der Waals surface area contributed by atoms with Gasteiger partial charge in [-0.15, -0.1) is 0 Å². The van der Waals surface area contributed by atoms with E-state index in [1.54, 1.807) is 36.2 Å². The van der Waals surface area contributed by atoms with Gasteiger partial charge < -0.3 is 14.8 Å². The molecule has 1 aliphatic heterocycles. The Morgan fingerprint density at radius 3 is 1.86 bits per heavy atom. The van der Waals surface area contributed by atoms with Crippen LogP contribution in [-0.4, -0.2) is 59.2 Å². The molecule has 0 saturated carbocycles. The second-order valence-electron chi connectivity index (χ2n) is 11.8. The number of aromatic nitrogens is 1. The lowest BCUT2D eigenvalue weighted by molar-refractivity contribution is -0.128. The van der Waals surface area contributed by atoms with Gasteiger partial charge in [0, 0.05) is 31.2 Å². The molecule has 1 aromatic heterocycles. The molecule has 8 nitrogen and oxygen atoms in total. The van der Waals surface area contributed by atoms with Gasteiger partial charge in [-0.2, -0.15) is 11.8 Å². The van der Waals surface area contributed by atoms with Gasteiger partial charge in [-0.05, 0) is 18.6 Å². The van der Waals surface area contributed by atoms with E-state index in [0.717, 1.165) is 29.2 Å². The molecule has 1 aliphatic rings. The number of nitrogens with zero attached hydrogens (tertiary/aromatic N) is 2. The van der Waals surface area contributed by atoms with Crippen molar-refractivity contribution in [2.24, 2.45) is 5.41 Å². The Balaban J connectivity index is 1.46. The summed E-state index contributed by atoms with van der Waals surface area (Å²) in [7, 11) is 0. The number of ether oxygens (including phenoxy) is 2. The molecular formula is C33H55N3O5S. The molecule has 1 aromatic rings. The third-order valence-corrected chi connectivity index (χ3v) is 9.41. The molecule has 0 unspecified atom stereocenters. The van der Waals surface area contributed by atoms with Gasteiger partial charge in [0.05, 0.1) is 17.7 Å². The normalized spacial score (nSPS) is 13.7. The van der Waals surface area contributed by atoms with Gasteiger partial charge in [-0.3, -0.25) is 9.78 Å². The number of nitrogens with one attached hydrogen (secondary N) is 1. The van der Waals surface area contributed by atoms with Crippen molar-refractivity contribution in [3.63, 3.8) is 0 Å². The molecule has 0 bridgehead atoms. The third-order valence-electron chi connectivity index (χ3n) is 7.77. The van der Waals surface area contributed by atoms with Gasteiger partial charge in [-0.1, -0.05) is 109 Å². The summed E-state index contributed by atoms with van der Waals surface area (Å²) in [6.07, 6.45) is 21.6. The van der Waals surface area contributed by atoms with Crippen molar-refractivity contribution in [2.45, 2.75) is 123 Å². The Bertz CT molecular complexity index is 882. The minimum absolute atomic E-state index is 0.0506. The van der Waals surface area contributed by atoms with E-state index >= 15 is 0 Å². The predicted octanol–water partition coefficient (Wildman–Crippen LogP) is 8.29. The average molecular weight is 606 g/mol. The Morgan fingerprint density at radius 2 is 1.38 bits per heavy atom. The molecule has 0 aliphatic carbocycles. The van der Waals surface area contributed by atoms with Gasteiger partial charge in [0.25, 0.3) is 0 Å². The molecule has 9 heteroatoms. The third kappa shape index (κ3) is 15.8. The molecule has 1 fully saturated rings. The van der Waals surface area contributed by atoms with Crippen LogP contribution in [0.15, 0.2) is 24.4 Å². The highest BCUT2D eigenvalue weighted by Crippen LogP contribution is 2.38. The van der Waals surface area contributed by atoms with Crippen LogP contribution in [0.3, 0.4) is 0 Å². The summed E-state index contributed by atoms with van der Waals surface area (Å²) >= 11 is 1.71. The van der Waals surface area contributed by atoms with Crippen LogP contribution >= 0.6 is 11.8 Å². The molecule has 0 radical (unpaired) electrons. The number of rotatable bonds is 23. The quantitative estimate of drug-likeness (QED) is 0.125. The number of unbranched alkanes of at least 4 members (excludes halogenated alkanes) is 15. The first-order valence-electron chi connectivity index (χ1n) is 16.3. The molecule has 3 amide bonds. The number of pyridine rings is 1.